The summed E-state index contributed by atoms with van der Waals surface area (Å²) in [5.41, 5.74) is 6.77. The molecule has 1 aliphatic rings. The van der Waals surface area contributed by atoms with E-state index in [0.29, 0.717) is 25.8 Å². The quantitative estimate of drug-likeness (QED) is 0.371. The van der Waals surface area contributed by atoms with E-state index in [9.17, 15) is 24.3 Å². The number of nitrogens with zero attached hydrogens (tertiary/aromatic N) is 1. The van der Waals surface area contributed by atoms with Gasteiger partial charge in [0.15, 0.2) is 0 Å². The van der Waals surface area contributed by atoms with Gasteiger partial charge in [-0.2, -0.15) is 11.8 Å². The zero-order valence-electron chi connectivity index (χ0n) is 17.6. The molecule has 0 spiro atoms. The monoisotopic (exact) mass is 450 g/mol. The molecule has 2 rings (SSSR count). The molecule has 3 atom stereocenters. The summed E-state index contributed by atoms with van der Waals surface area (Å²) in [6, 6.07) is 6.69. The summed E-state index contributed by atoms with van der Waals surface area (Å²) in [5.74, 6) is -1.74. The standard InChI is InChI=1S/C21H30N4O5S/c1-31-11-9-15(22)19(27)24-16(12-14-6-3-2-4-7-14)20(28)23-13-18(26)25-10-5-8-17(25)21(29)30/h2-4,6-7,15-17H,5,8-13,22H2,1H3,(H,23,28)(H,24,27)(H,29,30). The molecular weight excluding hydrogens is 420 g/mol. The van der Waals surface area contributed by atoms with E-state index >= 15 is 0 Å². The van der Waals surface area contributed by atoms with Gasteiger partial charge in [-0.25, -0.2) is 4.79 Å². The summed E-state index contributed by atoms with van der Waals surface area (Å²) in [7, 11) is 0. The summed E-state index contributed by atoms with van der Waals surface area (Å²) < 4.78 is 0. The number of thioether (sulfide) groups is 1. The van der Waals surface area contributed by atoms with E-state index in [1.807, 2.05) is 36.6 Å². The number of rotatable bonds is 11. The molecule has 0 bridgehead atoms. The van der Waals surface area contributed by atoms with Crippen LogP contribution in [0, 0.1) is 0 Å². The average molecular weight is 451 g/mol. The molecule has 10 heteroatoms. The Bertz CT molecular complexity index is 776. The highest BCUT2D eigenvalue weighted by Gasteiger charge is 2.34. The van der Waals surface area contributed by atoms with Crippen LogP contribution < -0.4 is 16.4 Å². The fourth-order valence-corrected chi connectivity index (χ4v) is 3.91. The highest BCUT2D eigenvalue weighted by Crippen LogP contribution is 2.17. The maximum absolute atomic E-state index is 12.8. The first-order valence-electron chi connectivity index (χ1n) is 10.2. The Hall–Kier alpha value is -2.59. The van der Waals surface area contributed by atoms with Gasteiger partial charge in [0.25, 0.3) is 0 Å². The van der Waals surface area contributed by atoms with E-state index < -0.39 is 41.8 Å². The topological polar surface area (TPSA) is 142 Å². The first-order valence-corrected chi connectivity index (χ1v) is 11.6. The van der Waals surface area contributed by atoms with Crippen molar-refractivity contribution < 1.29 is 24.3 Å². The second-order valence-corrected chi connectivity index (χ2v) is 8.43. The van der Waals surface area contributed by atoms with Crippen LogP contribution in [0.1, 0.15) is 24.8 Å². The predicted molar refractivity (Wildman–Crippen MR) is 118 cm³/mol. The molecule has 3 amide bonds. The van der Waals surface area contributed by atoms with Crippen LogP contribution in [0.5, 0.6) is 0 Å². The Balaban J connectivity index is 2.00. The van der Waals surface area contributed by atoms with E-state index in [2.05, 4.69) is 10.6 Å². The third-order valence-corrected chi connectivity index (χ3v) is 5.80. The van der Waals surface area contributed by atoms with Gasteiger partial charge in [0.05, 0.1) is 12.6 Å². The summed E-state index contributed by atoms with van der Waals surface area (Å²) >= 11 is 1.58. The molecule has 1 aliphatic heterocycles. The molecule has 31 heavy (non-hydrogen) atoms. The SMILES string of the molecule is CSCCC(N)C(=O)NC(Cc1ccccc1)C(=O)NCC(=O)N1CCCC1C(=O)O. The molecule has 170 valence electrons. The van der Waals surface area contributed by atoms with Crippen molar-refractivity contribution in [3.8, 4) is 0 Å². The summed E-state index contributed by atoms with van der Waals surface area (Å²) in [6.45, 7) is 0.0163. The number of hydrogen-bond donors (Lipinski definition) is 4. The first kappa shape index (κ1) is 24.7. The molecule has 1 aromatic carbocycles. The minimum atomic E-state index is -1.05. The number of carboxylic acid groups (broad SMARTS) is 1. The van der Waals surface area contributed by atoms with E-state index in [1.165, 1.54) is 4.90 Å². The first-order chi connectivity index (χ1) is 14.8. The average Bonchev–Trinajstić information content (AvgIpc) is 3.26. The van der Waals surface area contributed by atoms with E-state index in [1.54, 1.807) is 11.8 Å². The van der Waals surface area contributed by atoms with Crippen LogP contribution >= 0.6 is 11.8 Å². The van der Waals surface area contributed by atoms with Crippen LogP contribution in [0.25, 0.3) is 0 Å². The van der Waals surface area contributed by atoms with Gasteiger partial charge >= 0.3 is 5.97 Å². The van der Waals surface area contributed by atoms with Crippen molar-refractivity contribution in [1.29, 1.82) is 0 Å². The predicted octanol–water partition coefficient (Wildman–Crippen LogP) is -0.0139. The lowest BCUT2D eigenvalue weighted by Crippen LogP contribution is -2.54. The van der Waals surface area contributed by atoms with Crippen molar-refractivity contribution in [2.24, 2.45) is 5.73 Å². The number of nitrogens with two attached hydrogens (primary N) is 1. The largest absolute Gasteiger partial charge is 0.480 e. The van der Waals surface area contributed by atoms with E-state index in [-0.39, 0.29) is 13.0 Å². The van der Waals surface area contributed by atoms with Crippen LogP contribution in [-0.2, 0) is 25.6 Å². The second kappa shape index (κ2) is 12.3. The maximum Gasteiger partial charge on any atom is 0.326 e. The summed E-state index contributed by atoms with van der Waals surface area (Å²) in [5, 5.41) is 14.5. The van der Waals surface area contributed by atoms with Gasteiger partial charge < -0.3 is 26.4 Å². The Labute approximate surface area is 186 Å². The third kappa shape index (κ3) is 7.55. The number of aliphatic carboxylic acids is 1. The van der Waals surface area contributed by atoms with Crippen molar-refractivity contribution in [2.75, 3.05) is 25.1 Å². The van der Waals surface area contributed by atoms with Gasteiger partial charge in [-0.15, -0.1) is 0 Å². The zero-order chi connectivity index (χ0) is 22.8. The minimum absolute atomic E-state index is 0.239. The highest BCUT2D eigenvalue weighted by molar-refractivity contribution is 7.98. The minimum Gasteiger partial charge on any atom is -0.480 e. The number of amides is 3. The lowest BCUT2D eigenvalue weighted by atomic mass is 10.0. The lowest BCUT2D eigenvalue weighted by molar-refractivity contribution is -0.148. The van der Waals surface area contributed by atoms with Gasteiger partial charge in [-0.1, -0.05) is 30.3 Å². The Kier molecular flexibility index (Phi) is 9.80. The van der Waals surface area contributed by atoms with Gasteiger partial charge in [0.2, 0.25) is 17.7 Å². The molecule has 1 fully saturated rings. The lowest BCUT2D eigenvalue weighted by Gasteiger charge is -2.23. The molecule has 1 saturated heterocycles. The van der Waals surface area contributed by atoms with Gasteiger partial charge in [0, 0.05) is 13.0 Å². The van der Waals surface area contributed by atoms with Crippen LogP contribution in [-0.4, -0.2) is 76.9 Å². The van der Waals surface area contributed by atoms with Gasteiger partial charge in [-0.3, -0.25) is 14.4 Å². The smallest absolute Gasteiger partial charge is 0.326 e. The van der Waals surface area contributed by atoms with Crippen molar-refractivity contribution in [3.63, 3.8) is 0 Å². The third-order valence-electron chi connectivity index (χ3n) is 5.16. The molecular formula is C21H30N4O5S. The molecule has 0 aromatic heterocycles. The Morgan fingerprint density at radius 2 is 1.94 bits per heavy atom. The van der Waals surface area contributed by atoms with Gasteiger partial charge in [0.1, 0.15) is 12.1 Å². The fourth-order valence-electron chi connectivity index (χ4n) is 3.42. The molecule has 0 saturated carbocycles. The van der Waals surface area contributed by atoms with Gasteiger partial charge in [-0.05, 0) is 36.8 Å². The second-order valence-electron chi connectivity index (χ2n) is 7.44. The van der Waals surface area contributed by atoms with E-state index in [0.717, 1.165) is 11.3 Å². The molecule has 1 aromatic rings. The maximum atomic E-state index is 12.8. The number of benzene rings is 1. The number of nitrogens with one attached hydrogen (secondary N) is 2. The number of likely N-dealkylation sites (tertiary alicyclic amines) is 1. The van der Waals surface area contributed by atoms with Crippen LogP contribution in [0.2, 0.25) is 0 Å². The summed E-state index contributed by atoms with van der Waals surface area (Å²) in [6.07, 6.45) is 3.65. The normalized spacial score (nSPS) is 17.6. The summed E-state index contributed by atoms with van der Waals surface area (Å²) in [4.78, 5) is 50.2. The number of carbonyl (C=O) groups is 4. The van der Waals surface area contributed by atoms with Crippen LogP contribution in [0.3, 0.4) is 0 Å². The van der Waals surface area contributed by atoms with Crippen LogP contribution in [0.4, 0.5) is 0 Å². The Morgan fingerprint density at radius 3 is 2.58 bits per heavy atom. The molecule has 3 unspecified atom stereocenters. The molecule has 5 N–H and O–H groups in total. The van der Waals surface area contributed by atoms with Crippen molar-refractivity contribution in [1.82, 2.24) is 15.5 Å². The van der Waals surface area contributed by atoms with Crippen molar-refractivity contribution in [3.05, 3.63) is 35.9 Å². The zero-order valence-corrected chi connectivity index (χ0v) is 18.4. The Morgan fingerprint density at radius 1 is 1.23 bits per heavy atom. The fraction of sp³-hybridized carbons (Fsp3) is 0.524. The number of carbonyl (C=O) groups excluding carboxylic acids is 3. The highest BCUT2D eigenvalue weighted by atomic mass is 32.2. The molecule has 0 aliphatic carbocycles. The van der Waals surface area contributed by atoms with E-state index in [4.69, 9.17) is 5.73 Å². The molecule has 9 nitrogen and oxygen atoms in total. The van der Waals surface area contributed by atoms with Crippen molar-refractivity contribution in [2.45, 2.75) is 43.8 Å². The number of carboxylic acids is 1. The van der Waals surface area contributed by atoms with Crippen molar-refractivity contribution >= 4 is 35.5 Å². The number of hydrogen-bond acceptors (Lipinski definition) is 6. The molecule has 0 radical (unpaired) electrons. The van der Waals surface area contributed by atoms with Crippen LogP contribution in [0.15, 0.2) is 30.3 Å². The molecule has 1 heterocycles.